The molecule has 3 aromatic rings. The van der Waals surface area contributed by atoms with Crippen molar-refractivity contribution in [1.29, 1.82) is 5.41 Å². The van der Waals surface area contributed by atoms with Crippen molar-refractivity contribution in [2.75, 3.05) is 43.4 Å². The molecule has 8 heteroatoms. The van der Waals surface area contributed by atoms with E-state index in [1.807, 2.05) is 24.3 Å². The number of nitrogens with two attached hydrogens (primary N) is 1. The molecule has 1 aliphatic rings. The van der Waals surface area contributed by atoms with E-state index in [2.05, 4.69) is 22.2 Å². The van der Waals surface area contributed by atoms with Gasteiger partial charge in [0.2, 0.25) is 0 Å². The summed E-state index contributed by atoms with van der Waals surface area (Å²) in [6, 6.07) is 19.3. The predicted molar refractivity (Wildman–Crippen MR) is 149 cm³/mol. The molecule has 0 aromatic heterocycles. The molecule has 0 unspecified atom stereocenters. The Labute approximate surface area is 216 Å². The molecular formula is C29H31N5O3. The van der Waals surface area contributed by atoms with Crippen molar-refractivity contribution >= 4 is 41.2 Å². The Balaban J connectivity index is 1.54. The van der Waals surface area contributed by atoms with Crippen LogP contribution in [-0.4, -0.2) is 60.9 Å². The monoisotopic (exact) mass is 497 g/mol. The van der Waals surface area contributed by atoms with Crippen LogP contribution in [0.4, 0.5) is 11.4 Å². The zero-order valence-electron chi connectivity index (χ0n) is 20.8. The maximum atomic E-state index is 13.1. The van der Waals surface area contributed by atoms with Crippen molar-refractivity contribution < 1.29 is 14.7 Å². The van der Waals surface area contributed by atoms with Crippen LogP contribution in [0, 0.1) is 5.41 Å². The summed E-state index contributed by atoms with van der Waals surface area (Å²) in [6.07, 6.45) is 4.71. The summed E-state index contributed by atoms with van der Waals surface area (Å²) in [5.41, 5.74) is 9.70. The van der Waals surface area contributed by atoms with Gasteiger partial charge in [-0.25, -0.2) is 4.79 Å². The molecule has 1 fully saturated rings. The molecule has 1 amide bonds. The average Bonchev–Trinajstić information content (AvgIpc) is 3.12. The smallest absolute Gasteiger partial charge is 0.335 e. The van der Waals surface area contributed by atoms with E-state index in [4.69, 9.17) is 11.1 Å². The molecule has 1 heterocycles. The Bertz CT molecular complexity index is 1330. The first-order chi connectivity index (χ1) is 17.8. The van der Waals surface area contributed by atoms with E-state index in [1.165, 1.54) is 12.1 Å². The fraction of sp³-hybridized carbons (Fsp3) is 0.207. The second kappa shape index (κ2) is 11.5. The molecule has 37 heavy (non-hydrogen) atoms. The van der Waals surface area contributed by atoms with Crippen molar-refractivity contribution in [3.05, 3.63) is 94.5 Å². The maximum absolute atomic E-state index is 13.1. The molecule has 3 aromatic carbocycles. The van der Waals surface area contributed by atoms with Gasteiger partial charge in [-0.3, -0.25) is 10.2 Å². The van der Waals surface area contributed by atoms with Crippen molar-refractivity contribution in [3.63, 3.8) is 0 Å². The first kappa shape index (κ1) is 25.7. The third kappa shape index (κ3) is 6.62. The summed E-state index contributed by atoms with van der Waals surface area (Å²) in [7, 11) is 2.13. The van der Waals surface area contributed by atoms with E-state index in [9.17, 15) is 14.7 Å². The van der Waals surface area contributed by atoms with Crippen molar-refractivity contribution in [1.82, 2.24) is 4.90 Å². The summed E-state index contributed by atoms with van der Waals surface area (Å²) in [4.78, 5) is 29.3. The number of nitrogens with one attached hydrogen (secondary N) is 2. The van der Waals surface area contributed by atoms with Gasteiger partial charge in [-0.2, -0.15) is 0 Å². The van der Waals surface area contributed by atoms with Crippen molar-refractivity contribution in [2.45, 2.75) is 6.42 Å². The normalized spacial score (nSPS) is 14.4. The first-order valence-electron chi connectivity index (χ1n) is 12.1. The Morgan fingerprint density at radius 2 is 1.68 bits per heavy atom. The van der Waals surface area contributed by atoms with Crippen LogP contribution in [0.3, 0.4) is 0 Å². The van der Waals surface area contributed by atoms with E-state index in [1.54, 1.807) is 42.5 Å². The van der Waals surface area contributed by atoms with E-state index in [0.29, 0.717) is 22.4 Å². The van der Waals surface area contributed by atoms with Gasteiger partial charge in [-0.15, -0.1) is 0 Å². The van der Waals surface area contributed by atoms with Crippen LogP contribution in [0.25, 0.3) is 12.2 Å². The number of carbonyl (C=O) groups excluding carboxylic acids is 1. The number of hydrogen-bond donors (Lipinski definition) is 4. The van der Waals surface area contributed by atoms with Gasteiger partial charge < -0.3 is 26.0 Å². The van der Waals surface area contributed by atoms with E-state index >= 15 is 0 Å². The zero-order chi connectivity index (χ0) is 26.4. The highest BCUT2D eigenvalue weighted by molar-refractivity contribution is 6.06. The number of carboxylic acids is 1. The van der Waals surface area contributed by atoms with Gasteiger partial charge in [-0.1, -0.05) is 36.4 Å². The van der Waals surface area contributed by atoms with Crippen LogP contribution in [0.5, 0.6) is 0 Å². The number of carboxylic acid groups (broad SMARTS) is 1. The molecule has 0 saturated carbocycles. The summed E-state index contributed by atoms with van der Waals surface area (Å²) in [6.45, 7) is 3.99. The van der Waals surface area contributed by atoms with E-state index in [0.717, 1.165) is 43.9 Å². The molecule has 8 nitrogen and oxygen atoms in total. The van der Waals surface area contributed by atoms with E-state index in [-0.39, 0.29) is 17.3 Å². The van der Waals surface area contributed by atoms with E-state index < -0.39 is 5.97 Å². The van der Waals surface area contributed by atoms with Gasteiger partial charge in [0.1, 0.15) is 5.84 Å². The lowest BCUT2D eigenvalue weighted by atomic mass is 10.0. The van der Waals surface area contributed by atoms with Crippen LogP contribution in [0.1, 0.15) is 43.8 Å². The third-order valence-electron chi connectivity index (χ3n) is 6.42. The number of anilines is 2. The minimum absolute atomic E-state index is 0.0248. The lowest BCUT2D eigenvalue weighted by molar-refractivity contribution is 0.0696. The second-order valence-corrected chi connectivity index (χ2v) is 9.12. The van der Waals surface area contributed by atoms with Crippen LogP contribution < -0.4 is 16.0 Å². The van der Waals surface area contributed by atoms with Crippen molar-refractivity contribution in [3.8, 4) is 0 Å². The summed E-state index contributed by atoms with van der Waals surface area (Å²) in [5, 5.41) is 20.0. The lowest BCUT2D eigenvalue weighted by Gasteiger charge is -2.23. The Kier molecular flexibility index (Phi) is 8.00. The minimum atomic E-state index is -1.08. The SMILES string of the molecule is CN1CCCN(c2ccc(C(=O)Nc3cc(C(=O)O)ccc3C=Cc3cccc(C(=N)N)c3)cc2)CC1. The number of aromatic carboxylic acids is 1. The van der Waals surface area contributed by atoms with Crippen LogP contribution in [0.2, 0.25) is 0 Å². The molecule has 1 aliphatic heterocycles. The molecule has 0 aliphatic carbocycles. The first-order valence-corrected chi connectivity index (χ1v) is 12.1. The molecule has 0 bridgehead atoms. The fourth-order valence-corrected chi connectivity index (χ4v) is 4.26. The summed E-state index contributed by atoms with van der Waals surface area (Å²) in [5.74, 6) is -1.42. The second-order valence-electron chi connectivity index (χ2n) is 9.12. The minimum Gasteiger partial charge on any atom is -0.478 e. The van der Waals surface area contributed by atoms with Gasteiger partial charge in [0.15, 0.2) is 0 Å². The molecule has 5 N–H and O–H groups in total. The molecule has 190 valence electrons. The molecule has 0 spiro atoms. The number of nitrogens with zero attached hydrogens (tertiary/aromatic N) is 2. The van der Waals surface area contributed by atoms with Crippen LogP contribution in [0.15, 0.2) is 66.7 Å². The zero-order valence-corrected chi connectivity index (χ0v) is 20.8. The molecule has 1 saturated heterocycles. The number of nitrogen functional groups attached to an aromatic ring is 1. The number of rotatable bonds is 7. The van der Waals surface area contributed by atoms with Crippen molar-refractivity contribution in [2.24, 2.45) is 5.73 Å². The number of benzene rings is 3. The Hall–Kier alpha value is -4.43. The predicted octanol–water partition coefficient (Wildman–Crippen LogP) is 4.23. The largest absolute Gasteiger partial charge is 0.478 e. The topological polar surface area (TPSA) is 123 Å². The highest BCUT2D eigenvalue weighted by Gasteiger charge is 2.15. The fourth-order valence-electron chi connectivity index (χ4n) is 4.26. The van der Waals surface area contributed by atoms with Gasteiger partial charge in [-0.05, 0) is 73.6 Å². The third-order valence-corrected chi connectivity index (χ3v) is 6.42. The molecule has 4 rings (SSSR count). The highest BCUT2D eigenvalue weighted by atomic mass is 16.4. The molecule has 0 atom stereocenters. The van der Waals surface area contributed by atoms with Gasteiger partial charge in [0.25, 0.3) is 5.91 Å². The summed E-state index contributed by atoms with van der Waals surface area (Å²) < 4.78 is 0. The maximum Gasteiger partial charge on any atom is 0.335 e. The Morgan fingerprint density at radius 1 is 0.919 bits per heavy atom. The number of amidine groups is 1. The number of likely N-dealkylation sites (N-methyl/N-ethyl adjacent to an activating group) is 1. The van der Waals surface area contributed by atoms with Gasteiger partial charge in [0.05, 0.1) is 5.56 Å². The number of amides is 1. The number of hydrogen-bond acceptors (Lipinski definition) is 5. The van der Waals surface area contributed by atoms with Gasteiger partial charge >= 0.3 is 5.97 Å². The van der Waals surface area contributed by atoms with Gasteiger partial charge in [0, 0.05) is 42.1 Å². The quantitative estimate of drug-likeness (QED) is 0.220. The highest BCUT2D eigenvalue weighted by Crippen LogP contribution is 2.23. The average molecular weight is 498 g/mol. The van der Waals surface area contributed by atoms with Crippen LogP contribution >= 0.6 is 0 Å². The number of carbonyl (C=O) groups is 2. The molecule has 0 radical (unpaired) electrons. The summed E-state index contributed by atoms with van der Waals surface area (Å²) >= 11 is 0. The molecular weight excluding hydrogens is 466 g/mol. The lowest BCUT2D eigenvalue weighted by Crippen LogP contribution is -2.28. The standard InChI is InChI=1S/C29H31N5O3/c1-33-14-3-15-34(17-16-33)25-12-10-22(11-13-25)28(35)32-26-19-24(29(36)37)9-8-21(26)7-6-20-4-2-5-23(18-20)27(30)31/h2,4-13,18-19H,3,14-17H2,1H3,(H3,30,31)(H,32,35)(H,36,37). The Morgan fingerprint density at radius 3 is 2.41 bits per heavy atom. The van der Waals surface area contributed by atoms with Crippen LogP contribution in [-0.2, 0) is 0 Å².